The lowest BCUT2D eigenvalue weighted by molar-refractivity contribution is -0.140. The number of hydrogen-bond donors (Lipinski definition) is 5. The fraction of sp³-hybridized carbons (Fsp3) is 0.636. The topological polar surface area (TPSA) is 136 Å². The summed E-state index contributed by atoms with van der Waals surface area (Å²) in [6, 6.07) is -2.09. The van der Waals surface area contributed by atoms with E-state index < -0.39 is 30.0 Å². The Morgan fingerprint density at radius 2 is 1.45 bits per heavy atom. The number of carbonyl (C=O) groups is 3. The van der Waals surface area contributed by atoms with Crippen LogP contribution in [-0.4, -0.2) is 50.4 Å². The molecule has 0 heterocycles. The van der Waals surface area contributed by atoms with E-state index in [1.165, 1.54) is 0 Å². The van der Waals surface area contributed by atoms with E-state index in [0.717, 1.165) is 0 Å². The van der Waals surface area contributed by atoms with Gasteiger partial charge in [-0.1, -0.05) is 13.3 Å². The fourth-order valence-corrected chi connectivity index (χ4v) is 1.71. The van der Waals surface area contributed by atoms with Gasteiger partial charge in [-0.25, -0.2) is 9.59 Å². The monoisotopic (exact) mass is 306 g/mol. The van der Waals surface area contributed by atoms with Crippen molar-refractivity contribution in [3.05, 3.63) is 0 Å². The van der Waals surface area contributed by atoms with Crippen molar-refractivity contribution in [1.29, 1.82) is 0 Å². The summed E-state index contributed by atoms with van der Waals surface area (Å²) >= 11 is 4.84. The first-order valence-electron chi connectivity index (χ1n) is 6.02. The molecule has 0 fully saturated rings. The van der Waals surface area contributed by atoms with Gasteiger partial charge in [-0.3, -0.25) is 4.79 Å². The highest BCUT2D eigenvalue weighted by Gasteiger charge is 2.22. The minimum atomic E-state index is -1.25. The summed E-state index contributed by atoms with van der Waals surface area (Å²) in [5.41, 5.74) is 0. The zero-order chi connectivity index (χ0) is 15.7. The first kappa shape index (κ1) is 18.1. The summed E-state index contributed by atoms with van der Waals surface area (Å²) in [6.45, 7) is 1.81. The van der Waals surface area contributed by atoms with Gasteiger partial charge in [0.2, 0.25) is 0 Å². The molecule has 0 bridgehead atoms. The average molecular weight is 306 g/mol. The van der Waals surface area contributed by atoms with Crippen LogP contribution in [0.5, 0.6) is 0 Å². The minimum absolute atomic E-state index is 0.122. The Bertz CT molecular complexity index is 387. The Hall–Kier alpha value is -1.90. The highest BCUT2D eigenvalue weighted by molar-refractivity contribution is 7.80. The van der Waals surface area contributed by atoms with Crippen molar-refractivity contribution < 1.29 is 29.7 Å². The molecule has 0 amide bonds. The number of nitrogens with one attached hydrogen (secondary N) is 2. The summed E-state index contributed by atoms with van der Waals surface area (Å²) < 4.78 is 0. The summed E-state index contributed by atoms with van der Waals surface area (Å²) in [4.78, 5) is 32.3. The van der Waals surface area contributed by atoms with E-state index in [1.807, 2.05) is 0 Å². The Labute approximate surface area is 121 Å². The molecular formula is C11H18N2O6S. The largest absolute Gasteiger partial charge is 0.481 e. The normalized spacial score (nSPS) is 13.1. The van der Waals surface area contributed by atoms with E-state index in [-0.39, 0.29) is 18.0 Å². The van der Waals surface area contributed by atoms with Gasteiger partial charge in [-0.2, -0.15) is 0 Å². The standard InChI is InChI=1S/C11H18N2O6S/c1-2-3-6(9(16)17)12-11(20)13-7(10(18)19)4-5-8(14)15/h6-7H,2-5H2,1H3,(H,14,15)(H,16,17)(H,18,19)(H2,12,13,20). The maximum Gasteiger partial charge on any atom is 0.326 e. The summed E-state index contributed by atoms with van der Waals surface area (Å²) in [6.07, 6.45) is 0.472. The third-order valence-corrected chi connectivity index (χ3v) is 2.67. The van der Waals surface area contributed by atoms with Gasteiger partial charge in [0.1, 0.15) is 12.1 Å². The molecule has 9 heteroatoms. The number of rotatable bonds is 9. The van der Waals surface area contributed by atoms with Crippen LogP contribution in [0.1, 0.15) is 32.6 Å². The SMILES string of the molecule is CCCC(NC(=S)NC(CCC(=O)O)C(=O)O)C(=O)O. The summed E-state index contributed by atoms with van der Waals surface area (Å²) in [7, 11) is 0. The van der Waals surface area contributed by atoms with Crippen molar-refractivity contribution >= 4 is 35.2 Å². The third kappa shape index (κ3) is 7.52. The Kier molecular flexibility index (Phi) is 8.21. The van der Waals surface area contributed by atoms with E-state index in [9.17, 15) is 14.4 Å². The second-order valence-corrected chi connectivity index (χ2v) is 4.53. The lowest BCUT2D eigenvalue weighted by Gasteiger charge is -2.20. The summed E-state index contributed by atoms with van der Waals surface area (Å²) in [5.74, 6) is -3.46. The number of hydrogen-bond acceptors (Lipinski definition) is 4. The van der Waals surface area contributed by atoms with Crippen LogP contribution in [0.2, 0.25) is 0 Å². The predicted octanol–water partition coefficient (Wildman–Crippen LogP) is 0.0218. The molecule has 20 heavy (non-hydrogen) atoms. The van der Waals surface area contributed by atoms with Gasteiger partial charge in [0.05, 0.1) is 0 Å². The smallest absolute Gasteiger partial charge is 0.326 e. The molecule has 0 aliphatic rings. The maximum absolute atomic E-state index is 10.9. The minimum Gasteiger partial charge on any atom is -0.481 e. The van der Waals surface area contributed by atoms with Crippen LogP contribution in [0.15, 0.2) is 0 Å². The molecule has 114 valence electrons. The van der Waals surface area contributed by atoms with Gasteiger partial charge in [0.25, 0.3) is 0 Å². The lowest BCUT2D eigenvalue weighted by Crippen LogP contribution is -2.51. The van der Waals surface area contributed by atoms with E-state index in [2.05, 4.69) is 10.6 Å². The molecule has 2 atom stereocenters. The molecule has 0 aliphatic carbocycles. The molecule has 0 aliphatic heterocycles. The number of thiocarbonyl (C=S) groups is 1. The lowest BCUT2D eigenvalue weighted by atomic mass is 10.1. The molecule has 8 nitrogen and oxygen atoms in total. The second-order valence-electron chi connectivity index (χ2n) is 4.12. The molecule has 0 rings (SSSR count). The van der Waals surface area contributed by atoms with Crippen LogP contribution in [0.4, 0.5) is 0 Å². The summed E-state index contributed by atoms with van der Waals surface area (Å²) in [5, 5.41) is 31.2. The number of aliphatic carboxylic acids is 3. The zero-order valence-electron chi connectivity index (χ0n) is 11.0. The quantitative estimate of drug-likeness (QED) is 0.373. The van der Waals surface area contributed by atoms with Crippen molar-refractivity contribution in [2.75, 3.05) is 0 Å². The molecule has 0 aromatic carbocycles. The van der Waals surface area contributed by atoms with Crippen LogP contribution >= 0.6 is 12.2 Å². The van der Waals surface area contributed by atoms with E-state index in [1.54, 1.807) is 6.92 Å². The van der Waals surface area contributed by atoms with Gasteiger partial charge >= 0.3 is 17.9 Å². The average Bonchev–Trinajstić information content (AvgIpc) is 2.33. The highest BCUT2D eigenvalue weighted by atomic mass is 32.1. The number of carboxylic acid groups (broad SMARTS) is 3. The van der Waals surface area contributed by atoms with Crippen molar-refractivity contribution in [3.8, 4) is 0 Å². The zero-order valence-corrected chi connectivity index (χ0v) is 11.8. The molecule has 0 aromatic heterocycles. The molecule has 0 radical (unpaired) electrons. The highest BCUT2D eigenvalue weighted by Crippen LogP contribution is 2.00. The Balaban J connectivity index is 4.47. The fourth-order valence-electron chi connectivity index (χ4n) is 1.43. The van der Waals surface area contributed by atoms with Crippen molar-refractivity contribution in [2.45, 2.75) is 44.7 Å². The van der Waals surface area contributed by atoms with Crippen LogP contribution in [0, 0.1) is 0 Å². The molecule has 0 aromatic rings. The van der Waals surface area contributed by atoms with Gasteiger partial charge in [-0.15, -0.1) is 0 Å². The van der Waals surface area contributed by atoms with Crippen molar-refractivity contribution in [1.82, 2.24) is 10.6 Å². The first-order valence-corrected chi connectivity index (χ1v) is 6.43. The van der Waals surface area contributed by atoms with Gasteiger partial charge in [0.15, 0.2) is 5.11 Å². The van der Waals surface area contributed by atoms with E-state index >= 15 is 0 Å². The van der Waals surface area contributed by atoms with Crippen LogP contribution in [0.3, 0.4) is 0 Å². The molecule has 2 unspecified atom stereocenters. The Morgan fingerprint density at radius 3 is 1.80 bits per heavy atom. The molecule has 0 saturated carbocycles. The van der Waals surface area contributed by atoms with Crippen LogP contribution < -0.4 is 10.6 Å². The van der Waals surface area contributed by atoms with Gasteiger partial charge < -0.3 is 26.0 Å². The Morgan fingerprint density at radius 1 is 1.00 bits per heavy atom. The maximum atomic E-state index is 10.9. The van der Waals surface area contributed by atoms with E-state index in [4.69, 9.17) is 27.5 Å². The van der Waals surface area contributed by atoms with Gasteiger partial charge in [0, 0.05) is 6.42 Å². The predicted molar refractivity (Wildman–Crippen MR) is 73.5 cm³/mol. The second kappa shape index (κ2) is 9.08. The van der Waals surface area contributed by atoms with Crippen molar-refractivity contribution in [3.63, 3.8) is 0 Å². The van der Waals surface area contributed by atoms with Crippen LogP contribution in [0.25, 0.3) is 0 Å². The van der Waals surface area contributed by atoms with E-state index in [0.29, 0.717) is 12.8 Å². The molecule has 0 saturated heterocycles. The molecule has 5 N–H and O–H groups in total. The van der Waals surface area contributed by atoms with Crippen molar-refractivity contribution in [2.24, 2.45) is 0 Å². The molecule has 0 spiro atoms. The van der Waals surface area contributed by atoms with Gasteiger partial charge in [-0.05, 0) is 25.1 Å². The van der Waals surface area contributed by atoms with Crippen LogP contribution in [-0.2, 0) is 14.4 Å². The number of carboxylic acids is 3. The third-order valence-electron chi connectivity index (χ3n) is 2.43. The first-order chi connectivity index (χ1) is 9.27. The molecular weight excluding hydrogens is 288 g/mol.